The number of carboxylic acid groups (broad SMARTS) is 1. The summed E-state index contributed by atoms with van der Waals surface area (Å²) in [4.78, 5) is 28.8. The van der Waals surface area contributed by atoms with Crippen molar-refractivity contribution in [2.24, 2.45) is 0 Å². The van der Waals surface area contributed by atoms with Crippen LogP contribution in [-0.2, 0) is 4.79 Å². The Morgan fingerprint density at radius 3 is 2.63 bits per heavy atom. The van der Waals surface area contributed by atoms with E-state index in [4.69, 9.17) is 9.84 Å². The first-order chi connectivity index (χ1) is 12.9. The molecular weight excluding hydrogens is 364 g/mol. The number of fused-ring (bicyclic) bond motifs is 1. The summed E-state index contributed by atoms with van der Waals surface area (Å²) in [6.07, 6.45) is 1.62. The third-order valence-corrected chi connectivity index (χ3v) is 6.61. The van der Waals surface area contributed by atoms with Crippen LogP contribution in [0.15, 0.2) is 18.2 Å². The van der Waals surface area contributed by atoms with Gasteiger partial charge in [0.05, 0.1) is 18.5 Å². The van der Waals surface area contributed by atoms with E-state index in [1.165, 1.54) is 11.3 Å². The highest BCUT2D eigenvalue weighted by Crippen LogP contribution is 2.34. The van der Waals surface area contributed by atoms with Crippen molar-refractivity contribution in [3.63, 3.8) is 0 Å². The maximum Gasteiger partial charge on any atom is 0.317 e. The SMILES string of the molecule is CCN(CC(=O)O)C1CCN(C(=O)c2sc3ccc(OC)cc3c2C)CC1. The maximum absolute atomic E-state index is 13.1. The summed E-state index contributed by atoms with van der Waals surface area (Å²) in [6.45, 7) is 6.07. The Bertz CT molecular complexity index is 840. The first-order valence-corrected chi connectivity index (χ1v) is 10.1. The van der Waals surface area contributed by atoms with E-state index < -0.39 is 5.97 Å². The largest absolute Gasteiger partial charge is 0.497 e. The fraction of sp³-hybridized carbons (Fsp3) is 0.500. The molecule has 7 heteroatoms. The van der Waals surface area contributed by atoms with Crippen molar-refractivity contribution in [2.75, 3.05) is 33.3 Å². The molecule has 6 nitrogen and oxygen atoms in total. The molecule has 0 saturated carbocycles. The second-order valence-electron chi connectivity index (χ2n) is 6.90. The van der Waals surface area contributed by atoms with Gasteiger partial charge in [0.25, 0.3) is 5.91 Å². The number of piperidine rings is 1. The number of thiophene rings is 1. The minimum atomic E-state index is -0.799. The van der Waals surface area contributed by atoms with E-state index in [1.54, 1.807) is 7.11 Å². The molecule has 0 atom stereocenters. The lowest BCUT2D eigenvalue weighted by atomic mass is 10.0. The standard InChI is InChI=1S/C20H26N2O4S/c1-4-21(12-18(23)24)14-7-9-22(10-8-14)20(25)19-13(2)16-11-15(26-3)5-6-17(16)27-19/h5-6,11,14H,4,7-10,12H2,1-3H3,(H,23,24). The second-order valence-corrected chi connectivity index (χ2v) is 7.95. The summed E-state index contributed by atoms with van der Waals surface area (Å²) in [5, 5.41) is 10.1. The van der Waals surface area contributed by atoms with Gasteiger partial charge in [-0.15, -0.1) is 11.3 Å². The number of methoxy groups -OCH3 is 1. The molecule has 1 aliphatic rings. The number of carbonyl (C=O) groups excluding carboxylic acids is 1. The minimum absolute atomic E-state index is 0.0619. The van der Waals surface area contributed by atoms with E-state index >= 15 is 0 Å². The Hall–Kier alpha value is -2.12. The summed E-state index contributed by atoms with van der Waals surface area (Å²) < 4.78 is 6.39. The minimum Gasteiger partial charge on any atom is -0.497 e. The van der Waals surface area contributed by atoms with Gasteiger partial charge in [0.15, 0.2) is 0 Å². The molecule has 2 heterocycles. The summed E-state index contributed by atoms with van der Waals surface area (Å²) in [5.74, 6) is 0.0698. The molecule has 1 amide bonds. The van der Waals surface area contributed by atoms with Crippen LogP contribution in [0.2, 0.25) is 0 Å². The van der Waals surface area contributed by atoms with Crippen LogP contribution in [0, 0.1) is 6.92 Å². The fourth-order valence-electron chi connectivity index (χ4n) is 3.78. The predicted molar refractivity (Wildman–Crippen MR) is 107 cm³/mol. The lowest BCUT2D eigenvalue weighted by Gasteiger charge is -2.37. The molecule has 1 fully saturated rings. The molecular formula is C20H26N2O4S. The molecule has 146 valence electrons. The van der Waals surface area contributed by atoms with Gasteiger partial charge in [0.2, 0.25) is 0 Å². The third-order valence-electron chi connectivity index (χ3n) is 5.35. The highest BCUT2D eigenvalue weighted by molar-refractivity contribution is 7.21. The van der Waals surface area contributed by atoms with Crippen LogP contribution in [0.1, 0.15) is 35.0 Å². The molecule has 0 spiro atoms. The van der Waals surface area contributed by atoms with Gasteiger partial charge < -0.3 is 14.7 Å². The number of hydrogen-bond acceptors (Lipinski definition) is 5. The average molecular weight is 391 g/mol. The van der Waals surface area contributed by atoms with Gasteiger partial charge in [-0.2, -0.15) is 0 Å². The molecule has 2 aromatic rings. The number of benzene rings is 1. The molecule has 1 N–H and O–H groups in total. The molecule has 0 aliphatic carbocycles. The van der Waals surface area contributed by atoms with Gasteiger partial charge in [-0.25, -0.2) is 0 Å². The molecule has 0 unspecified atom stereocenters. The van der Waals surface area contributed by atoms with Crippen molar-refractivity contribution in [1.29, 1.82) is 0 Å². The van der Waals surface area contributed by atoms with E-state index in [0.717, 1.165) is 39.1 Å². The quantitative estimate of drug-likeness (QED) is 0.820. The molecule has 1 saturated heterocycles. The summed E-state index contributed by atoms with van der Waals surface area (Å²) in [6, 6.07) is 6.12. The van der Waals surface area contributed by atoms with Gasteiger partial charge in [0.1, 0.15) is 5.75 Å². The smallest absolute Gasteiger partial charge is 0.317 e. The number of rotatable bonds is 6. The van der Waals surface area contributed by atoms with Crippen molar-refractivity contribution >= 4 is 33.3 Å². The Kier molecular flexibility index (Phi) is 6.01. The number of aliphatic carboxylic acids is 1. The fourth-order valence-corrected chi connectivity index (χ4v) is 4.94. The topological polar surface area (TPSA) is 70.1 Å². The van der Waals surface area contributed by atoms with Crippen molar-refractivity contribution in [3.05, 3.63) is 28.6 Å². The van der Waals surface area contributed by atoms with E-state index in [9.17, 15) is 9.59 Å². The Morgan fingerprint density at radius 1 is 1.33 bits per heavy atom. The first-order valence-electron chi connectivity index (χ1n) is 9.26. The third kappa shape index (κ3) is 4.09. The van der Waals surface area contributed by atoms with Crippen molar-refractivity contribution in [2.45, 2.75) is 32.7 Å². The van der Waals surface area contributed by atoms with Crippen LogP contribution < -0.4 is 4.74 Å². The molecule has 0 bridgehead atoms. The van der Waals surface area contributed by atoms with Gasteiger partial charge in [-0.05, 0) is 55.5 Å². The lowest BCUT2D eigenvalue weighted by Crippen LogP contribution is -2.48. The predicted octanol–water partition coefficient (Wildman–Crippen LogP) is 3.23. The van der Waals surface area contributed by atoms with E-state index in [-0.39, 0.29) is 18.5 Å². The summed E-state index contributed by atoms with van der Waals surface area (Å²) in [7, 11) is 1.64. The molecule has 1 aromatic carbocycles. The van der Waals surface area contributed by atoms with Crippen LogP contribution in [-0.4, -0.2) is 66.1 Å². The lowest BCUT2D eigenvalue weighted by molar-refractivity contribution is -0.139. The number of hydrogen-bond donors (Lipinski definition) is 1. The Labute approximate surface area is 163 Å². The van der Waals surface area contributed by atoms with Crippen molar-refractivity contribution < 1.29 is 19.4 Å². The van der Waals surface area contributed by atoms with Crippen LogP contribution in [0.3, 0.4) is 0 Å². The Balaban J connectivity index is 1.71. The van der Waals surface area contributed by atoms with E-state index in [2.05, 4.69) is 0 Å². The number of amides is 1. The molecule has 3 rings (SSSR count). The molecule has 27 heavy (non-hydrogen) atoms. The zero-order valence-corrected chi connectivity index (χ0v) is 16.8. The highest BCUT2D eigenvalue weighted by Gasteiger charge is 2.29. The monoisotopic (exact) mass is 390 g/mol. The second kappa shape index (κ2) is 8.27. The summed E-state index contributed by atoms with van der Waals surface area (Å²) >= 11 is 1.53. The van der Waals surface area contributed by atoms with Crippen molar-refractivity contribution in [1.82, 2.24) is 9.80 Å². The first kappa shape index (κ1) is 19.6. The molecule has 1 aliphatic heterocycles. The van der Waals surface area contributed by atoms with Crippen LogP contribution in [0.5, 0.6) is 5.75 Å². The Morgan fingerprint density at radius 2 is 2.04 bits per heavy atom. The average Bonchev–Trinajstić information content (AvgIpc) is 3.01. The number of likely N-dealkylation sites (tertiary alicyclic amines) is 1. The number of nitrogens with zero attached hydrogens (tertiary/aromatic N) is 2. The summed E-state index contributed by atoms with van der Waals surface area (Å²) in [5.41, 5.74) is 1.00. The van der Waals surface area contributed by atoms with Crippen LogP contribution in [0.25, 0.3) is 10.1 Å². The number of aryl methyl sites for hydroxylation is 1. The van der Waals surface area contributed by atoms with Crippen LogP contribution >= 0.6 is 11.3 Å². The van der Waals surface area contributed by atoms with Crippen LogP contribution in [0.4, 0.5) is 0 Å². The maximum atomic E-state index is 13.1. The number of ether oxygens (including phenoxy) is 1. The van der Waals surface area contributed by atoms with E-state index in [0.29, 0.717) is 19.6 Å². The number of carbonyl (C=O) groups is 2. The number of likely N-dealkylation sites (N-methyl/N-ethyl adjacent to an activating group) is 1. The van der Waals surface area contributed by atoms with E-state index in [1.807, 2.05) is 41.8 Å². The number of carboxylic acids is 1. The zero-order valence-electron chi connectivity index (χ0n) is 16.0. The van der Waals surface area contributed by atoms with Gasteiger partial charge >= 0.3 is 5.97 Å². The highest BCUT2D eigenvalue weighted by atomic mass is 32.1. The molecule has 0 radical (unpaired) electrons. The van der Waals surface area contributed by atoms with Gasteiger partial charge in [-0.1, -0.05) is 6.92 Å². The van der Waals surface area contributed by atoms with Gasteiger partial charge in [0, 0.05) is 23.8 Å². The zero-order chi connectivity index (χ0) is 19.6. The molecule has 1 aromatic heterocycles. The normalized spacial score (nSPS) is 15.5. The van der Waals surface area contributed by atoms with Gasteiger partial charge in [-0.3, -0.25) is 14.5 Å². The van der Waals surface area contributed by atoms with Crippen molar-refractivity contribution in [3.8, 4) is 5.75 Å².